The topological polar surface area (TPSA) is 56.0 Å². The number of hydrogen-bond donors (Lipinski definition) is 1. The lowest BCUT2D eigenvalue weighted by molar-refractivity contribution is 0.0958. The van der Waals surface area contributed by atoms with Gasteiger partial charge in [0.2, 0.25) is 0 Å². The van der Waals surface area contributed by atoms with Crippen molar-refractivity contribution in [3.8, 4) is 0 Å². The molecule has 3 nitrogen and oxygen atoms in total. The molecular formula is C15H18N2O. The minimum Gasteiger partial charge on any atom is -0.321 e. The zero-order chi connectivity index (χ0) is 13.0. The monoisotopic (exact) mass is 242 g/mol. The Hall–Kier alpha value is -1.74. The van der Waals surface area contributed by atoms with Crippen LogP contribution in [-0.2, 0) is 0 Å². The first kappa shape index (κ1) is 12.7. The van der Waals surface area contributed by atoms with Crippen molar-refractivity contribution in [2.75, 3.05) is 0 Å². The Labute approximate surface area is 107 Å². The maximum atomic E-state index is 12.3. The molecule has 3 heteroatoms. The first-order valence-electron chi connectivity index (χ1n) is 6.36. The summed E-state index contributed by atoms with van der Waals surface area (Å²) in [5, 5.41) is 1.91. The number of hydrogen-bond acceptors (Lipinski definition) is 3. The molecule has 0 saturated carbocycles. The molecule has 0 saturated heterocycles. The van der Waals surface area contributed by atoms with Gasteiger partial charge in [-0.25, -0.2) is 0 Å². The third-order valence-corrected chi connectivity index (χ3v) is 3.15. The quantitative estimate of drug-likeness (QED) is 0.820. The number of unbranched alkanes of at least 4 members (excludes halogenated alkanes) is 1. The van der Waals surface area contributed by atoms with Gasteiger partial charge in [-0.3, -0.25) is 9.78 Å². The zero-order valence-electron chi connectivity index (χ0n) is 10.6. The smallest absolute Gasteiger partial charge is 0.180 e. The molecule has 0 radical (unpaired) electrons. The van der Waals surface area contributed by atoms with Gasteiger partial charge in [0.25, 0.3) is 0 Å². The standard InChI is InChI=1S/C15H18N2O/c1-2-3-7-14(16)15(18)12-6-4-5-11-8-9-17-10-13(11)12/h4-6,8-10,14H,2-3,7,16H2,1H3. The molecule has 2 aromatic rings. The van der Waals surface area contributed by atoms with Gasteiger partial charge >= 0.3 is 0 Å². The molecule has 0 aliphatic rings. The number of rotatable bonds is 5. The van der Waals surface area contributed by atoms with E-state index in [-0.39, 0.29) is 5.78 Å². The molecule has 0 bridgehead atoms. The summed E-state index contributed by atoms with van der Waals surface area (Å²) in [6.45, 7) is 2.10. The number of benzene rings is 1. The molecular weight excluding hydrogens is 224 g/mol. The maximum Gasteiger partial charge on any atom is 0.180 e. The Morgan fingerprint density at radius 1 is 1.39 bits per heavy atom. The van der Waals surface area contributed by atoms with Crippen molar-refractivity contribution in [3.63, 3.8) is 0 Å². The minimum atomic E-state index is -0.407. The zero-order valence-corrected chi connectivity index (χ0v) is 10.6. The van der Waals surface area contributed by atoms with Gasteiger partial charge in [0.15, 0.2) is 5.78 Å². The van der Waals surface area contributed by atoms with Crippen LogP contribution in [0.2, 0.25) is 0 Å². The Morgan fingerprint density at radius 2 is 2.22 bits per heavy atom. The summed E-state index contributed by atoms with van der Waals surface area (Å²) in [6.07, 6.45) is 6.24. The summed E-state index contributed by atoms with van der Waals surface area (Å²) in [7, 11) is 0. The molecule has 94 valence electrons. The Balaban J connectivity index is 2.33. The number of fused-ring (bicyclic) bond motifs is 1. The van der Waals surface area contributed by atoms with E-state index in [0.717, 1.165) is 30.0 Å². The highest BCUT2D eigenvalue weighted by Crippen LogP contribution is 2.19. The number of aromatic nitrogens is 1. The van der Waals surface area contributed by atoms with Crippen LogP contribution >= 0.6 is 0 Å². The van der Waals surface area contributed by atoms with Crippen molar-refractivity contribution in [1.29, 1.82) is 0 Å². The molecule has 0 fully saturated rings. The lowest BCUT2D eigenvalue weighted by Gasteiger charge is -2.11. The largest absolute Gasteiger partial charge is 0.321 e. The van der Waals surface area contributed by atoms with Gasteiger partial charge in [0.05, 0.1) is 6.04 Å². The van der Waals surface area contributed by atoms with Crippen molar-refractivity contribution in [2.24, 2.45) is 5.73 Å². The molecule has 2 rings (SSSR count). The summed E-state index contributed by atoms with van der Waals surface area (Å²) < 4.78 is 0. The first-order chi connectivity index (χ1) is 8.74. The highest BCUT2D eigenvalue weighted by Gasteiger charge is 2.17. The molecule has 0 aliphatic carbocycles. The second-order valence-corrected chi connectivity index (χ2v) is 4.52. The third kappa shape index (κ3) is 2.57. The summed E-state index contributed by atoms with van der Waals surface area (Å²) >= 11 is 0. The molecule has 2 N–H and O–H groups in total. The van der Waals surface area contributed by atoms with Crippen molar-refractivity contribution in [1.82, 2.24) is 4.98 Å². The van der Waals surface area contributed by atoms with Gasteiger partial charge < -0.3 is 5.73 Å². The van der Waals surface area contributed by atoms with Crippen LogP contribution in [0.3, 0.4) is 0 Å². The van der Waals surface area contributed by atoms with E-state index in [1.165, 1.54) is 0 Å². The van der Waals surface area contributed by atoms with Crippen molar-refractivity contribution >= 4 is 16.6 Å². The molecule has 1 aromatic carbocycles. The van der Waals surface area contributed by atoms with E-state index in [1.807, 2.05) is 24.3 Å². The predicted octanol–water partition coefficient (Wildman–Crippen LogP) is 2.94. The highest BCUT2D eigenvalue weighted by molar-refractivity contribution is 6.10. The molecule has 1 aromatic heterocycles. The number of pyridine rings is 1. The maximum absolute atomic E-state index is 12.3. The van der Waals surface area contributed by atoms with Crippen LogP contribution in [0.4, 0.5) is 0 Å². The Kier molecular flexibility index (Phi) is 4.05. The summed E-state index contributed by atoms with van der Waals surface area (Å²) in [6, 6.07) is 7.20. The number of Topliss-reactive ketones (excluding diaryl/α,β-unsaturated/α-hetero) is 1. The SMILES string of the molecule is CCCCC(N)C(=O)c1cccc2ccncc12. The van der Waals surface area contributed by atoms with E-state index >= 15 is 0 Å². The molecule has 1 atom stereocenters. The van der Waals surface area contributed by atoms with Crippen LogP contribution in [0.15, 0.2) is 36.7 Å². The van der Waals surface area contributed by atoms with Gasteiger partial charge in [0.1, 0.15) is 0 Å². The molecule has 0 spiro atoms. The van der Waals surface area contributed by atoms with E-state index in [2.05, 4.69) is 11.9 Å². The van der Waals surface area contributed by atoms with Crippen LogP contribution in [-0.4, -0.2) is 16.8 Å². The molecule has 18 heavy (non-hydrogen) atoms. The predicted molar refractivity (Wildman–Crippen MR) is 73.6 cm³/mol. The molecule has 1 heterocycles. The van der Waals surface area contributed by atoms with Crippen molar-refractivity contribution in [3.05, 3.63) is 42.2 Å². The number of nitrogens with two attached hydrogens (primary N) is 1. The van der Waals surface area contributed by atoms with Gasteiger partial charge in [-0.2, -0.15) is 0 Å². The minimum absolute atomic E-state index is 0.0158. The second-order valence-electron chi connectivity index (χ2n) is 4.52. The Bertz CT molecular complexity index is 546. The second kappa shape index (κ2) is 5.74. The van der Waals surface area contributed by atoms with Crippen molar-refractivity contribution < 1.29 is 4.79 Å². The van der Waals surface area contributed by atoms with Crippen LogP contribution in [0.1, 0.15) is 36.5 Å². The third-order valence-electron chi connectivity index (χ3n) is 3.15. The number of ketones is 1. The van der Waals surface area contributed by atoms with Gasteiger partial charge in [-0.1, -0.05) is 38.0 Å². The van der Waals surface area contributed by atoms with Crippen LogP contribution < -0.4 is 5.73 Å². The fourth-order valence-corrected chi connectivity index (χ4v) is 2.08. The van der Waals surface area contributed by atoms with Gasteiger partial charge in [-0.05, 0) is 17.9 Å². The first-order valence-corrected chi connectivity index (χ1v) is 6.36. The van der Waals surface area contributed by atoms with Gasteiger partial charge in [-0.15, -0.1) is 0 Å². The fourth-order valence-electron chi connectivity index (χ4n) is 2.08. The lowest BCUT2D eigenvalue weighted by atomic mass is 9.96. The van der Waals surface area contributed by atoms with E-state index in [0.29, 0.717) is 5.56 Å². The van der Waals surface area contributed by atoms with E-state index in [4.69, 9.17) is 5.73 Å². The normalized spacial score (nSPS) is 12.6. The molecule has 0 amide bonds. The highest BCUT2D eigenvalue weighted by atomic mass is 16.1. The van der Waals surface area contributed by atoms with E-state index < -0.39 is 6.04 Å². The van der Waals surface area contributed by atoms with E-state index in [9.17, 15) is 4.79 Å². The lowest BCUT2D eigenvalue weighted by Crippen LogP contribution is -2.30. The summed E-state index contributed by atoms with van der Waals surface area (Å²) in [5.41, 5.74) is 6.64. The summed E-state index contributed by atoms with van der Waals surface area (Å²) in [5.74, 6) is 0.0158. The van der Waals surface area contributed by atoms with Crippen LogP contribution in [0.25, 0.3) is 10.8 Å². The van der Waals surface area contributed by atoms with Crippen LogP contribution in [0, 0.1) is 0 Å². The van der Waals surface area contributed by atoms with Crippen LogP contribution in [0.5, 0.6) is 0 Å². The van der Waals surface area contributed by atoms with Gasteiger partial charge in [0, 0.05) is 23.3 Å². The number of carbonyl (C=O) groups is 1. The average molecular weight is 242 g/mol. The number of nitrogens with zero attached hydrogens (tertiary/aromatic N) is 1. The molecule has 1 unspecified atom stereocenters. The molecule has 0 aliphatic heterocycles. The summed E-state index contributed by atoms with van der Waals surface area (Å²) in [4.78, 5) is 16.4. The Morgan fingerprint density at radius 3 is 3.00 bits per heavy atom. The van der Waals surface area contributed by atoms with Crippen molar-refractivity contribution in [2.45, 2.75) is 32.2 Å². The number of carbonyl (C=O) groups excluding carboxylic acids is 1. The fraction of sp³-hybridized carbons (Fsp3) is 0.333. The average Bonchev–Trinajstić information content (AvgIpc) is 2.43. The van der Waals surface area contributed by atoms with E-state index in [1.54, 1.807) is 12.4 Å².